The summed E-state index contributed by atoms with van der Waals surface area (Å²) in [6.07, 6.45) is 0. The molecule has 112 valence electrons. The predicted molar refractivity (Wildman–Crippen MR) is 84.5 cm³/mol. The molecule has 20 heavy (non-hydrogen) atoms. The molecule has 3 N–H and O–H groups in total. The van der Waals surface area contributed by atoms with Crippen molar-refractivity contribution in [1.82, 2.24) is 4.90 Å². The first-order valence-electron chi connectivity index (χ1n) is 7.25. The molecule has 0 aliphatic rings. The van der Waals surface area contributed by atoms with Crippen LogP contribution in [0.1, 0.15) is 33.3 Å². The van der Waals surface area contributed by atoms with Crippen molar-refractivity contribution in [3.63, 3.8) is 0 Å². The van der Waals surface area contributed by atoms with Gasteiger partial charge in [-0.15, -0.1) is 0 Å². The minimum Gasteiger partial charge on any atom is -0.329 e. The SMILES string of the molecule is CCN(CC)Cc1cccc(NC(=O)C(C)(C)CN)c1. The minimum atomic E-state index is -0.547. The topological polar surface area (TPSA) is 58.4 Å². The third-order valence-electron chi connectivity index (χ3n) is 3.61. The molecule has 1 aromatic carbocycles. The smallest absolute Gasteiger partial charge is 0.231 e. The van der Waals surface area contributed by atoms with Crippen molar-refractivity contribution < 1.29 is 4.79 Å². The van der Waals surface area contributed by atoms with Gasteiger partial charge >= 0.3 is 0 Å². The van der Waals surface area contributed by atoms with Crippen LogP contribution in [0, 0.1) is 5.41 Å². The van der Waals surface area contributed by atoms with Gasteiger partial charge in [-0.2, -0.15) is 0 Å². The third-order valence-corrected chi connectivity index (χ3v) is 3.61. The Morgan fingerprint density at radius 1 is 1.30 bits per heavy atom. The second-order valence-corrected chi connectivity index (χ2v) is 5.70. The monoisotopic (exact) mass is 277 g/mol. The highest BCUT2D eigenvalue weighted by Gasteiger charge is 2.25. The van der Waals surface area contributed by atoms with Gasteiger partial charge in [0.2, 0.25) is 5.91 Å². The van der Waals surface area contributed by atoms with Crippen LogP contribution in [0.5, 0.6) is 0 Å². The van der Waals surface area contributed by atoms with Crippen LogP contribution in [0.2, 0.25) is 0 Å². The summed E-state index contributed by atoms with van der Waals surface area (Å²) in [5.74, 6) is -0.0417. The molecule has 1 rings (SSSR count). The molecule has 0 saturated carbocycles. The minimum absolute atomic E-state index is 0.0417. The number of nitrogens with zero attached hydrogens (tertiary/aromatic N) is 1. The lowest BCUT2D eigenvalue weighted by Gasteiger charge is -2.22. The van der Waals surface area contributed by atoms with Crippen molar-refractivity contribution in [3.05, 3.63) is 29.8 Å². The van der Waals surface area contributed by atoms with Crippen LogP contribution in [-0.4, -0.2) is 30.4 Å². The largest absolute Gasteiger partial charge is 0.329 e. The second kappa shape index (κ2) is 7.41. The summed E-state index contributed by atoms with van der Waals surface area (Å²) >= 11 is 0. The van der Waals surface area contributed by atoms with Crippen molar-refractivity contribution in [2.24, 2.45) is 11.1 Å². The van der Waals surface area contributed by atoms with E-state index in [0.717, 1.165) is 25.3 Å². The van der Waals surface area contributed by atoms with E-state index in [2.05, 4.69) is 30.1 Å². The van der Waals surface area contributed by atoms with Gasteiger partial charge in [0.1, 0.15) is 0 Å². The lowest BCUT2D eigenvalue weighted by Crippen LogP contribution is -2.37. The third kappa shape index (κ3) is 4.62. The van der Waals surface area contributed by atoms with Gasteiger partial charge in [-0.3, -0.25) is 9.69 Å². The Morgan fingerprint density at radius 2 is 1.95 bits per heavy atom. The fourth-order valence-electron chi connectivity index (χ4n) is 1.85. The molecular weight excluding hydrogens is 250 g/mol. The van der Waals surface area contributed by atoms with Crippen molar-refractivity contribution in [3.8, 4) is 0 Å². The fraction of sp³-hybridized carbons (Fsp3) is 0.562. The number of carbonyl (C=O) groups excluding carboxylic acids is 1. The van der Waals surface area contributed by atoms with Crippen LogP contribution >= 0.6 is 0 Å². The number of nitrogens with one attached hydrogen (secondary N) is 1. The normalized spacial score (nSPS) is 11.7. The van der Waals surface area contributed by atoms with E-state index in [1.54, 1.807) is 0 Å². The Hall–Kier alpha value is -1.39. The molecule has 1 amide bonds. The lowest BCUT2D eigenvalue weighted by molar-refractivity contribution is -0.123. The molecule has 0 aliphatic carbocycles. The first-order chi connectivity index (χ1) is 9.42. The molecular formula is C16H27N3O. The van der Waals surface area contributed by atoms with Crippen LogP contribution in [0.4, 0.5) is 5.69 Å². The number of hydrogen-bond donors (Lipinski definition) is 2. The number of amides is 1. The number of anilines is 1. The van der Waals surface area contributed by atoms with Crippen molar-refractivity contribution >= 4 is 11.6 Å². The lowest BCUT2D eigenvalue weighted by atomic mass is 9.92. The van der Waals surface area contributed by atoms with Crippen LogP contribution in [0.3, 0.4) is 0 Å². The summed E-state index contributed by atoms with van der Waals surface area (Å²) in [7, 11) is 0. The van der Waals surface area contributed by atoms with E-state index < -0.39 is 5.41 Å². The number of rotatable bonds is 7. The number of benzene rings is 1. The summed E-state index contributed by atoms with van der Waals surface area (Å²) in [4.78, 5) is 14.4. The van der Waals surface area contributed by atoms with Gasteiger partial charge in [0, 0.05) is 18.8 Å². The maximum absolute atomic E-state index is 12.1. The molecule has 0 spiro atoms. The van der Waals surface area contributed by atoms with Gasteiger partial charge < -0.3 is 11.1 Å². The second-order valence-electron chi connectivity index (χ2n) is 5.70. The van der Waals surface area contributed by atoms with Gasteiger partial charge in [-0.05, 0) is 44.6 Å². The molecule has 1 aromatic rings. The highest BCUT2D eigenvalue weighted by molar-refractivity contribution is 5.95. The van der Waals surface area contributed by atoms with E-state index in [9.17, 15) is 4.79 Å². The summed E-state index contributed by atoms with van der Waals surface area (Å²) in [6.45, 7) is 11.3. The molecule has 0 fully saturated rings. The van der Waals surface area contributed by atoms with Gasteiger partial charge in [0.25, 0.3) is 0 Å². The summed E-state index contributed by atoms with van der Waals surface area (Å²) in [6, 6.07) is 8.00. The Balaban J connectivity index is 2.76. The summed E-state index contributed by atoms with van der Waals surface area (Å²) in [5, 5.41) is 2.95. The Bertz CT molecular complexity index is 439. The van der Waals surface area contributed by atoms with Crippen LogP contribution in [-0.2, 0) is 11.3 Å². The average molecular weight is 277 g/mol. The molecule has 0 bridgehead atoms. The van der Waals surface area contributed by atoms with E-state index >= 15 is 0 Å². The Labute approximate surface area is 122 Å². The van der Waals surface area contributed by atoms with Gasteiger partial charge in [0.15, 0.2) is 0 Å². The molecule has 0 saturated heterocycles. The van der Waals surface area contributed by atoms with Crippen LogP contribution < -0.4 is 11.1 Å². The number of hydrogen-bond acceptors (Lipinski definition) is 3. The van der Waals surface area contributed by atoms with Crippen molar-refractivity contribution in [2.45, 2.75) is 34.2 Å². The molecule has 0 aromatic heterocycles. The van der Waals surface area contributed by atoms with E-state index in [1.807, 2.05) is 32.0 Å². The number of nitrogens with two attached hydrogens (primary N) is 1. The first-order valence-corrected chi connectivity index (χ1v) is 7.25. The highest BCUT2D eigenvalue weighted by atomic mass is 16.2. The molecule has 0 aliphatic heterocycles. The van der Waals surface area contributed by atoms with Gasteiger partial charge in [-0.1, -0.05) is 26.0 Å². The zero-order chi connectivity index (χ0) is 15.2. The van der Waals surface area contributed by atoms with E-state index in [4.69, 9.17) is 5.73 Å². The number of carbonyl (C=O) groups is 1. The van der Waals surface area contributed by atoms with Crippen LogP contribution in [0.25, 0.3) is 0 Å². The fourth-order valence-corrected chi connectivity index (χ4v) is 1.85. The summed E-state index contributed by atoms with van der Waals surface area (Å²) < 4.78 is 0. The first kappa shape index (κ1) is 16.7. The zero-order valence-electron chi connectivity index (χ0n) is 13.1. The van der Waals surface area contributed by atoms with E-state index in [1.165, 1.54) is 5.56 Å². The molecule has 0 atom stereocenters. The highest BCUT2D eigenvalue weighted by Crippen LogP contribution is 2.18. The molecule has 4 nitrogen and oxygen atoms in total. The molecule has 4 heteroatoms. The Kier molecular flexibility index (Phi) is 6.17. The molecule has 0 unspecified atom stereocenters. The van der Waals surface area contributed by atoms with E-state index in [-0.39, 0.29) is 5.91 Å². The maximum Gasteiger partial charge on any atom is 0.231 e. The van der Waals surface area contributed by atoms with Crippen molar-refractivity contribution in [1.29, 1.82) is 0 Å². The van der Waals surface area contributed by atoms with Gasteiger partial charge in [0.05, 0.1) is 5.41 Å². The average Bonchev–Trinajstić information content (AvgIpc) is 2.45. The summed E-state index contributed by atoms with van der Waals surface area (Å²) in [5.41, 5.74) is 7.12. The van der Waals surface area contributed by atoms with Gasteiger partial charge in [-0.25, -0.2) is 0 Å². The zero-order valence-corrected chi connectivity index (χ0v) is 13.1. The maximum atomic E-state index is 12.1. The standard InChI is InChI=1S/C16H27N3O/c1-5-19(6-2)11-13-8-7-9-14(10-13)18-15(20)16(3,4)12-17/h7-10H,5-6,11-12,17H2,1-4H3,(H,18,20). The predicted octanol–water partition coefficient (Wildman–Crippen LogP) is 2.45. The quantitative estimate of drug-likeness (QED) is 0.805. The van der Waals surface area contributed by atoms with E-state index in [0.29, 0.717) is 6.54 Å². The van der Waals surface area contributed by atoms with Crippen LogP contribution in [0.15, 0.2) is 24.3 Å². The Morgan fingerprint density at radius 3 is 2.50 bits per heavy atom. The van der Waals surface area contributed by atoms with Crippen molar-refractivity contribution in [2.75, 3.05) is 25.0 Å². The molecule has 0 radical (unpaired) electrons. The molecule has 0 heterocycles.